The second-order valence-electron chi connectivity index (χ2n) is 6.17. The number of nitrogens with two attached hydrogens (primary N) is 1. The van der Waals surface area contributed by atoms with Gasteiger partial charge < -0.3 is 5.73 Å². The van der Waals surface area contributed by atoms with Crippen LogP contribution in [0.2, 0.25) is 0 Å². The van der Waals surface area contributed by atoms with E-state index in [1.54, 1.807) is 0 Å². The first-order valence-corrected chi connectivity index (χ1v) is 7.91. The van der Waals surface area contributed by atoms with Gasteiger partial charge in [-0.1, -0.05) is 37.3 Å². The summed E-state index contributed by atoms with van der Waals surface area (Å²) in [6.07, 6.45) is 0.895. The van der Waals surface area contributed by atoms with Crippen molar-refractivity contribution in [3.63, 3.8) is 0 Å². The van der Waals surface area contributed by atoms with Crippen LogP contribution in [0.4, 0.5) is 0 Å². The van der Waals surface area contributed by atoms with Crippen molar-refractivity contribution >= 4 is 11.6 Å². The lowest BCUT2D eigenvalue weighted by molar-refractivity contribution is -0.118. The molecule has 0 amide bonds. The van der Waals surface area contributed by atoms with Crippen LogP contribution in [0.3, 0.4) is 0 Å². The van der Waals surface area contributed by atoms with Gasteiger partial charge in [0.15, 0.2) is 0 Å². The number of benzene rings is 1. The molecular formula is C19H21N3O. The maximum atomic E-state index is 12.4. The molecule has 1 aromatic heterocycles. The smallest absolute Gasteiger partial charge is 0.139 e. The highest BCUT2D eigenvalue weighted by atomic mass is 16.1. The number of hydrogen-bond acceptors (Lipinski definition) is 4. The topological polar surface area (TPSA) is 68.3 Å². The van der Waals surface area contributed by atoms with E-state index in [2.05, 4.69) is 29.0 Å². The predicted octanol–water partition coefficient (Wildman–Crippen LogP) is 2.91. The molecule has 2 aromatic rings. The number of pyridine rings is 1. The summed E-state index contributed by atoms with van der Waals surface area (Å²) in [5.74, 6) is 0.985. The largest absolute Gasteiger partial charge is 0.383 e. The number of Topliss-reactive ketones (excluding diaryl/α,β-unsaturated/α-hetero) is 1. The molecule has 2 N–H and O–H groups in total. The van der Waals surface area contributed by atoms with Crippen LogP contribution >= 0.6 is 0 Å². The minimum absolute atomic E-state index is 0.208. The first kappa shape index (κ1) is 15.4. The number of nitrogens with zero attached hydrogens (tertiary/aromatic N) is 2. The molecule has 0 unspecified atom stereocenters. The Balaban J connectivity index is 1.68. The summed E-state index contributed by atoms with van der Waals surface area (Å²) in [7, 11) is 0. The van der Waals surface area contributed by atoms with Crippen molar-refractivity contribution < 1.29 is 4.79 Å². The zero-order valence-corrected chi connectivity index (χ0v) is 13.5. The third-order valence-corrected chi connectivity index (χ3v) is 4.29. The number of amidine groups is 1. The summed E-state index contributed by atoms with van der Waals surface area (Å²) in [4.78, 5) is 21.2. The highest BCUT2D eigenvalue weighted by Crippen LogP contribution is 2.23. The third kappa shape index (κ3) is 3.31. The molecule has 118 valence electrons. The standard InChI is InChI=1S/C19H21N3O/c1-12(14-6-4-3-5-7-14)8-17(23)10-16-9-15-11-21-19(20)18(15)13(2)22-16/h3-7,9,12H,8,10-11H2,1-2H3,(H2,20,21)/t12-/m0/s1. The molecule has 0 aliphatic carbocycles. The zero-order valence-electron chi connectivity index (χ0n) is 13.5. The van der Waals surface area contributed by atoms with Crippen molar-refractivity contribution in [3.05, 3.63) is 64.5 Å². The lowest BCUT2D eigenvalue weighted by Gasteiger charge is -2.12. The first-order valence-electron chi connectivity index (χ1n) is 7.91. The van der Waals surface area contributed by atoms with Gasteiger partial charge >= 0.3 is 0 Å². The van der Waals surface area contributed by atoms with Gasteiger partial charge in [-0.15, -0.1) is 0 Å². The maximum absolute atomic E-state index is 12.4. The molecular weight excluding hydrogens is 286 g/mol. The quantitative estimate of drug-likeness (QED) is 0.923. The molecule has 0 saturated carbocycles. The van der Waals surface area contributed by atoms with E-state index in [1.165, 1.54) is 5.56 Å². The molecule has 1 aliphatic heterocycles. The Morgan fingerprint density at radius 1 is 1.30 bits per heavy atom. The number of hydrogen-bond donors (Lipinski definition) is 1. The van der Waals surface area contributed by atoms with Crippen molar-refractivity contribution in [2.45, 2.75) is 39.2 Å². The lowest BCUT2D eigenvalue weighted by atomic mass is 9.94. The average Bonchev–Trinajstić information content (AvgIpc) is 2.89. The number of rotatable bonds is 5. The van der Waals surface area contributed by atoms with Crippen LogP contribution in [-0.2, 0) is 17.8 Å². The van der Waals surface area contributed by atoms with Gasteiger partial charge in [-0.3, -0.25) is 14.8 Å². The van der Waals surface area contributed by atoms with Crippen LogP contribution in [0, 0.1) is 6.92 Å². The van der Waals surface area contributed by atoms with Crippen LogP contribution in [0.5, 0.6) is 0 Å². The number of carbonyl (C=O) groups is 1. The molecule has 4 heteroatoms. The van der Waals surface area contributed by atoms with Crippen LogP contribution in [0.1, 0.15) is 47.3 Å². The Hall–Kier alpha value is -2.49. The molecule has 0 saturated heterocycles. The summed E-state index contributed by atoms with van der Waals surface area (Å²) >= 11 is 0. The van der Waals surface area contributed by atoms with Gasteiger partial charge in [-0.2, -0.15) is 0 Å². The Labute approximate surface area is 136 Å². The van der Waals surface area contributed by atoms with Gasteiger partial charge in [-0.25, -0.2) is 0 Å². The van der Waals surface area contributed by atoms with E-state index < -0.39 is 0 Å². The second-order valence-corrected chi connectivity index (χ2v) is 6.17. The molecule has 0 spiro atoms. The number of aliphatic imine (C=N–C) groups is 1. The van der Waals surface area contributed by atoms with E-state index in [0.717, 1.165) is 22.5 Å². The number of fused-ring (bicyclic) bond motifs is 1. The summed E-state index contributed by atoms with van der Waals surface area (Å²) < 4.78 is 0. The molecule has 0 fully saturated rings. The van der Waals surface area contributed by atoms with Gasteiger partial charge in [0.05, 0.1) is 6.54 Å². The molecule has 0 bridgehead atoms. The zero-order chi connectivity index (χ0) is 16.4. The number of aromatic nitrogens is 1. The fourth-order valence-electron chi connectivity index (χ4n) is 3.14. The minimum atomic E-state index is 0.208. The Bertz CT molecular complexity index is 766. The molecule has 1 aromatic carbocycles. The van der Waals surface area contributed by atoms with Crippen LogP contribution in [-0.4, -0.2) is 16.6 Å². The summed E-state index contributed by atoms with van der Waals surface area (Å²) in [5.41, 5.74) is 10.8. The second kappa shape index (κ2) is 6.32. The molecule has 2 heterocycles. The van der Waals surface area contributed by atoms with E-state index >= 15 is 0 Å². The van der Waals surface area contributed by atoms with Crippen molar-refractivity contribution in [3.8, 4) is 0 Å². The van der Waals surface area contributed by atoms with E-state index in [4.69, 9.17) is 5.73 Å². The summed E-state index contributed by atoms with van der Waals surface area (Å²) in [6, 6.07) is 12.1. The average molecular weight is 307 g/mol. The Morgan fingerprint density at radius 3 is 2.78 bits per heavy atom. The Kier molecular flexibility index (Phi) is 4.24. The summed E-state index contributed by atoms with van der Waals surface area (Å²) in [6.45, 7) is 4.60. The fraction of sp³-hybridized carbons (Fsp3) is 0.316. The molecule has 4 nitrogen and oxygen atoms in total. The Morgan fingerprint density at radius 2 is 2.04 bits per heavy atom. The number of aryl methyl sites for hydroxylation is 1. The van der Waals surface area contributed by atoms with E-state index in [-0.39, 0.29) is 11.7 Å². The SMILES string of the molecule is Cc1nc(CC(=O)C[C@H](C)c2ccccc2)cc2c1C(N)=NC2. The van der Waals surface area contributed by atoms with E-state index in [1.807, 2.05) is 31.2 Å². The van der Waals surface area contributed by atoms with Crippen LogP contribution in [0.15, 0.2) is 41.4 Å². The van der Waals surface area contributed by atoms with Gasteiger partial charge in [0.25, 0.3) is 0 Å². The third-order valence-electron chi connectivity index (χ3n) is 4.29. The molecule has 23 heavy (non-hydrogen) atoms. The van der Waals surface area contributed by atoms with Gasteiger partial charge in [0.1, 0.15) is 11.6 Å². The van der Waals surface area contributed by atoms with Gasteiger partial charge in [0, 0.05) is 29.8 Å². The lowest BCUT2D eigenvalue weighted by Crippen LogP contribution is -2.15. The highest BCUT2D eigenvalue weighted by molar-refractivity contribution is 6.01. The van der Waals surface area contributed by atoms with E-state index in [0.29, 0.717) is 25.2 Å². The van der Waals surface area contributed by atoms with Crippen molar-refractivity contribution in [1.29, 1.82) is 0 Å². The molecule has 0 radical (unpaired) electrons. The molecule has 1 aliphatic rings. The molecule has 1 atom stereocenters. The van der Waals surface area contributed by atoms with Crippen LogP contribution in [0.25, 0.3) is 0 Å². The first-order chi connectivity index (χ1) is 11.0. The monoisotopic (exact) mass is 307 g/mol. The number of carbonyl (C=O) groups excluding carboxylic acids is 1. The number of ketones is 1. The minimum Gasteiger partial charge on any atom is -0.383 e. The maximum Gasteiger partial charge on any atom is 0.139 e. The van der Waals surface area contributed by atoms with Crippen LogP contribution < -0.4 is 5.73 Å². The normalized spacial score (nSPS) is 14.3. The fourth-order valence-corrected chi connectivity index (χ4v) is 3.14. The van der Waals surface area contributed by atoms with Gasteiger partial charge in [-0.05, 0) is 30.0 Å². The highest BCUT2D eigenvalue weighted by Gasteiger charge is 2.19. The van der Waals surface area contributed by atoms with E-state index in [9.17, 15) is 4.79 Å². The predicted molar refractivity (Wildman–Crippen MR) is 91.6 cm³/mol. The van der Waals surface area contributed by atoms with Crippen molar-refractivity contribution in [1.82, 2.24) is 4.98 Å². The van der Waals surface area contributed by atoms with Gasteiger partial charge in [0.2, 0.25) is 0 Å². The van der Waals surface area contributed by atoms with Crippen molar-refractivity contribution in [2.24, 2.45) is 10.7 Å². The summed E-state index contributed by atoms with van der Waals surface area (Å²) in [5, 5.41) is 0. The van der Waals surface area contributed by atoms with Crippen molar-refractivity contribution in [2.75, 3.05) is 0 Å². The molecule has 3 rings (SSSR count).